The molecule has 0 radical (unpaired) electrons. The van der Waals surface area contributed by atoms with E-state index >= 15 is 0 Å². The number of halogens is 7. The number of hydrogen-bond acceptors (Lipinski definition) is 6. The molecule has 0 aliphatic rings. The van der Waals surface area contributed by atoms with Gasteiger partial charge in [-0.3, -0.25) is 4.55 Å². The molecular formula is C14H13F5I2O7S. The van der Waals surface area contributed by atoms with Crippen LogP contribution in [0, 0.1) is 7.14 Å². The SMILES string of the molecule is CC(C)(C)OC(=O)Oc1c(I)cc(OC(C(F)(F)F)C(F)(F)S(=O)(=O)O)cc1I. The van der Waals surface area contributed by atoms with Gasteiger partial charge in [-0.15, -0.1) is 0 Å². The summed E-state index contributed by atoms with van der Waals surface area (Å²) in [6, 6.07) is 1.61. The lowest BCUT2D eigenvalue weighted by Crippen LogP contribution is -2.53. The van der Waals surface area contributed by atoms with Crippen LogP contribution in [0.1, 0.15) is 20.8 Å². The quantitative estimate of drug-likeness (QED) is 0.155. The van der Waals surface area contributed by atoms with Crippen LogP contribution >= 0.6 is 45.2 Å². The van der Waals surface area contributed by atoms with Gasteiger partial charge >= 0.3 is 27.7 Å². The summed E-state index contributed by atoms with van der Waals surface area (Å²) in [5.41, 5.74) is -0.891. The lowest BCUT2D eigenvalue weighted by Gasteiger charge is -2.27. The molecule has 166 valence electrons. The minimum Gasteiger partial charge on any atom is -0.473 e. The van der Waals surface area contributed by atoms with Crippen LogP contribution in [0.3, 0.4) is 0 Å². The third-order valence-electron chi connectivity index (χ3n) is 2.75. The van der Waals surface area contributed by atoms with Crippen molar-refractivity contribution < 1.29 is 53.9 Å². The van der Waals surface area contributed by atoms with Crippen LogP contribution in [-0.4, -0.2) is 42.3 Å². The lowest BCUT2D eigenvalue weighted by atomic mass is 10.2. The highest BCUT2D eigenvalue weighted by atomic mass is 127. The number of hydrogen-bond donors (Lipinski definition) is 1. The molecule has 1 aromatic carbocycles. The van der Waals surface area contributed by atoms with E-state index in [-0.39, 0.29) is 12.9 Å². The number of carbonyl (C=O) groups excluding carboxylic acids is 1. The van der Waals surface area contributed by atoms with Gasteiger partial charge in [-0.2, -0.15) is 30.4 Å². The van der Waals surface area contributed by atoms with Crippen LogP contribution in [-0.2, 0) is 14.9 Å². The Kier molecular flexibility index (Phi) is 8.01. The van der Waals surface area contributed by atoms with Crippen molar-refractivity contribution >= 4 is 61.5 Å². The second-order valence-electron chi connectivity index (χ2n) is 6.36. The molecule has 29 heavy (non-hydrogen) atoms. The maximum absolute atomic E-state index is 13.6. The largest absolute Gasteiger partial charge is 0.514 e. The van der Waals surface area contributed by atoms with Crippen molar-refractivity contribution in [1.29, 1.82) is 0 Å². The maximum Gasteiger partial charge on any atom is 0.514 e. The van der Waals surface area contributed by atoms with Gasteiger partial charge in [0.1, 0.15) is 11.4 Å². The molecule has 0 amide bonds. The van der Waals surface area contributed by atoms with Crippen LogP contribution in [0.25, 0.3) is 0 Å². The molecule has 1 unspecified atom stereocenters. The van der Waals surface area contributed by atoms with Gasteiger partial charge in [0.25, 0.3) is 6.10 Å². The number of benzene rings is 1. The highest BCUT2D eigenvalue weighted by molar-refractivity contribution is 14.1. The molecule has 1 atom stereocenters. The Morgan fingerprint density at radius 2 is 1.52 bits per heavy atom. The van der Waals surface area contributed by atoms with Crippen LogP contribution < -0.4 is 9.47 Å². The molecule has 0 saturated carbocycles. The molecule has 0 spiro atoms. The van der Waals surface area contributed by atoms with E-state index < -0.39 is 45.2 Å². The smallest absolute Gasteiger partial charge is 0.473 e. The summed E-state index contributed by atoms with van der Waals surface area (Å²) in [7, 11) is -6.43. The molecule has 0 aliphatic heterocycles. The van der Waals surface area contributed by atoms with Gasteiger partial charge in [0.15, 0.2) is 5.75 Å². The molecule has 0 heterocycles. The van der Waals surface area contributed by atoms with E-state index in [9.17, 15) is 35.2 Å². The Morgan fingerprint density at radius 1 is 1.07 bits per heavy atom. The van der Waals surface area contributed by atoms with E-state index in [1.165, 1.54) is 45.2 Å². The third-order valence-corrected chi connectivity index (χ3v) is 5.25. The van der Waals surface area contributed by atoms with Crippen LogP contribution in [0.2, 0.25) is 0 Å². The van der Waals surface area contributed by atoms with E-state index in [0.29, 0.717) is 0 Å². The third kappa shape index (κ3) is 7.20. The molecule has 0 saturated heterocycles. The first kappa shape index (κ1) is 26.3. The highest BCUT2D eigenvalue weighted by Gasteiger charge is 2.65. The maximum atomic E-state index is 13.6. The lowest BCUT2D eigenvalue weighted by molar-refractivity contribution is -0.239. The average Bonchev–Trinajstić information content (AvgIpc) is 2.44. The molecule has 0 aromatic heterocycles. The van der Waals surface area contributed by atoms with Crippen molar-refractivity contribution in [3.05, 3.63) is 19.3 Å². The Hall–Kier alpha value is -0.690. The molecule has 0 bridgehead atoms. The van der Waals surface area contributed by atoms with Gasteiger partial charge in [-0.25, -0.2) is 4.79 Å². The van der Waals surface area contributed by atoms with Gasteiger partial charge in [-0.05, 0) is 78.1 Å². The minimum atomic E-state index is -6.43. The van der Waals surface area contributed by atoms with E-state index in [2.05, 4.69) is 4.74 Å². The molecule has 7 nitrogen and oxygen atoms in total. The predicted molar refractivity (Wildman–Crippen MR) is 106 cm³/mol. The van der Waals surface area contributed by atoms with Crippen molar-refractivity contribution in [3.63, 3.8) is 0 Å². The number of rotatable bonds is 5. The summed E-state index contributed by atoms with van der Waals surface area (Å²) in [4.78, 5) is 11.7. The first-order chi connectivity index (χ1) is 12.8. The van der Waals surface area contributed by atoms with Crippen molar-refractivity contribution in [2.45, 2.75) is 43.9 Å². The van der Waals surface area contributed by atoms with Gasteiger partial charge in [0, 0.05) is 0 Å². The molecular weight excluding hydrogens is 661 g/mol. The first-order valence-electron chi connectivity index (χ1n) is 7.24. The normalized spacial score (nSPS) is 14.3. The van der Waals surface area contributed by atoms with Gasteiger partial charge < -0.3 is 14.2 Å². The fourth-order valence-corrected chi connectivity index (χ4v) is 4.04. The summed E-state index contributed by atoms with van der Waals surface area (Å²) in [6.07, 6.45) is -11.1. The average molecular weight is 674 g/mol. The molecule has 0 fully saturated rings. The zero-order valence-corrected chi connectivity index (χ0v) is 19.8. The van der Waals surface area contributed by atoms with E-state index in [1.807, 2.05) is 0 Å². The molecule has 0 aliphatic carbocycles. The van der Waals surface area contributed by atoms with Crippen molar-refractivity contribution in [1.82, 2.24) is 0 Å². The van der Waals surface area contributed by atoms with E-state index in [0.717, 1.165) is 12.1 Å². The van der Waals surface area contributed by atoms with Crippen molar-refractivity contribution in [3.8, 4) is 11.5 Å². The minimum absolute atomic E-state index is 0.0218. The molecule has 1 rings (SSSR count). The number of alkyl halides is 5. The summed E-state index contributed by atoms with van der Waals surface area (Å²) in [5, 5.41) is -5.67. The Bertz CT molecular complexity index is 858. The van der Waals surface area contributed by atoms with Crippen LogP contribution in [0.5, 0.6) is 11.5 Å². The predicted octanol–water partition coefficient (Wildman–Crippen LogP) is 5.00. The standard InChI is InChI=1S/C14H13F5I2O7S/c1-12(2,3)28-11(22)27-9-7(20)4-6(5-8(9)21)26-10(13(15,16)17)14(18,19)29(23,24)25/h4-5,10H,1-3H3,(H,23,24,25). The van der Waals surface area contributed by atoms with Crippen LogP contribution in [0.4, 0.5) is 26.7 Å². The number of ether oxygens (including phenoxy) is 3. The van der Waals surface area contributed by atoms with Crippen molar-refractivity contribution in [2.75, 3.05) is 0 Å². The van der Waals surface area contributed by atoms with Gasteiger partial charge in [0.05, 0.1) is 7.14 Å². The molecule has 1 aromatic rings. The summed E-state index contributed by atoms with van der Waals surface area (Å²) >= 11 is 3.07. The molecule has 1 N–H and O–H groups in total. The summed E-state index contributed by atoms with van der Waals surface area (Å²) < 4.78 is 110. The zero-order chi connectivity index (χ0) is 23.0. The Labute approximate surface area is 189 Å². The number of carbonyl (C=O) groups is 1. The highest BCUT2D eigenvalue weighted by Crippen LogP contribution is 2.40. The Morgan fingerprint density at radius 3 is 1.86 bits per heavy atom. The fourth-order valence-electron chi connectivity index (χ4n) is 1.65. The van der Waals surface area contributed by atoms with Gasteiger partial charge in [0.2, 0.25) is 0 Å². The monoisotopic (exact) mass is 674 g/mol. The van der Waals surface area contributed by atoms with E-state index in [4.69, 9.17) is 14.0 Å². The van der Waals surface area contributed by atoms with E-state index in [1.54, 1.807) is 20.8 Å². The Balaban J connectivity index is 3.25. The summed E-state index contributed by atoms with van der Waals surface area (Å²) in [5.74, 6) is -0.945. The molecule has 15 heteroatoms. The fraction of sp³-hybridized carbons (Fsp3) is 0.500. The van der Waals surface area contributed by atoms with Crippen LogP contribution in [0.15, 0.2) is 12.1 Å². The first-order valence-corrected chi connectivity index (χ1v) is 10.8. The van der Waals surface area contributed by atoms with Crippen molar-refractivity contribution in [2.24, 2.45) is 0 Å². The topological polar surface area (TPSA) is 99.1 Å². The second kappa shape index (κ2) is 8.81. The van der Waals surface area contributed by atoms with Gasteiger partial charge in [-0.1, -0.05) is 0 Å². The zero-order valence-electron chi connectivity index (χ0n) is 14.7. The second-order valence-corrected chi connectivity index (χ2v) is 10.2. The summed E-state index contributed by atoms with van der Waals surface area (Å²) in [6.45, 7) is 4.69.